The molecule has 0 bridgehead atoms. The Hall–Kier alpha value is -2.10. The fourth-order valence-corrected chi connectivity index (χ4v) is 2.73. The number of rotatable bonds is 5. The molecule has 2 rings (SSSR count). The van der Waals surface area contributed by atoms with Gasteiger partial charge in [0.15, 0.2) is 0 Å². The summed E-state index contributed by atoms with van der Waals surface area (Å²) in [6, 6.07) is 7.99. The van der Waals surface area contributed by atoms with Crippen molar-refractivity contribution in [2.45, 2.75) is 47.0 Å². The highest BCUT2D eigenvalue weighted by Crippen LogP contribution is 2.27. The highest BCUT2D eigenvalue weighted by atomic mass is 16.4. The molecular weight excluding hydrogens is 276 g/mol. The maximum absolute atomic E-state index is 11.8. The molecule has 0 spiro atoms. The van der Waals surface area contributed by atoms with Gasteiger partial charge >= 0.3 is 5.97 Å². The first-order valence-corrected chi connectivity index (χ1v) is 7.73. The minimum Gasteiger partial charge on any atom is -0.478 e. The zero-order chi connectivity index (χ0) is 16.4. The van der Waals surface area contributed by atoms with Gasteiger partial charge in [-0.05, 0) is 42.9 Å². The van der Waals surface area contributed by atoms with Gasteiger partial charge in [-0.2, -0.15) is 5.10 Å². The van der Waals surface area contributed by atoms with Crippen molar-refractivity contribution >= 4 is 5.97 Å². The molecule has 0 radical (unpaired) electrons. The van der Waals surface area contributed by atoms with Crippen LogP contribution in [0.2, 0.25) is 0 Å². The average molecular weight is 300 g/mol. The SMILES string of the molecule is Cc1cccc(-n2nc(CC(C)C)c(C(=O)O)c2C(C)C)c1. The van der Waals surface area contributed by atoms with Gasteiger partial charge in [-0.3, -0.25) is 0 Å². The third-order valence-electron chi connectivity index (χ3n) is 3.60. The third-order valence-corrected chi connectivity index (χ3v) is 3.60. The van der Waals surface area contributed by atoms with Crippen molar-refractivity contribution in [3.63, 3.8) is 0 Å². The lowest BCUT2D eigenvalue weighted by Crippen LogP contribution is -2.09. The second-order valence-electron chi connectivity index (χ2n) is 6.52. The van der Waals surface area contributed by atoms with E-state index < -0.39 is 5.97 Å². The summed E-state index contributed by atoms with van der Waals surface area (Å²) in [5, 5.41) is 14.3. The maximum atomic E-state index is 11.8. The van der Waals surface area contributed by atoms with Crippen molar-refractivity contribution < 1.29 is 9.90 Å². The molecular formula is C18H24N2O2. The lowest BCUT2D eigenvalue weighted by molar-refractivity contribution is 0.0694. The Morgan fingerprint density at radius 1 is 1.27 bits per heavy atom. The zero-order valence-corrected chi connectivity index (χ0v) is 13.9. The van der Waals surface area contributed by atoms with Crippen LogP contribution in [0.25, 0.3) is 5.69 Å². The van der Waals surface area contributed by atoms with Crippen LogP contribution in [0.15, 0.2) is 24.3 Å². The Morgan fingerprint density at radius 3 is 2.45 bits per heavy atom. The molecule has 0 aliphatic rings. The minimum atomic E-state index is -0.891. The predicted octanol–water partition coefficient (Wildman–Crippen LogP) is 4.20. The van der Waals surface area contributed by atoms with Crippen LogP contribution >= 0.6 is 0 Å². The van der Waals surface area contributed by atoms with Crippen LogP contribution in [0, 0.1) is 12.8 Å². The molecule has 1 N–H and O–H groups in total. The molecule has 0 aliphatic carbocycles. The van der Waals surface area contributed by atoms with Gasteiger partial charge in [0.1, 0.15) is 5.56 Å². The topological polar surface area (TPSA) is 55.1 Å². The summed E-state index contributed by atoms with van der Waals surface area (Å²) in [6.45, 7) is 10.2. The van der Waals surface area contributed by atoms with Gasteiger partial charge in [-0.15, -0.1) is 0 Å². The fourth-order valence-electron chi connectivity index (χ4n) is 2.73. The van der Waals surface area contributed by atoms with Crippen molar-refractivity contribution in [1.29, 1.82) is 0 Å². The molecule has 1 aromatic carbocycles. The van der Waals surface area contributed by atoms with Crippen molar-refractivity contribution in [2.24, 2.45) is 5.92 Å². The first kappa shape index (κ1) is 16.3. The van der Waals surface area contributed by atoms with Crippen molar-refractivity contribution in [1.82, 2.24) is 9.78 Å². The van der Waals surface area contributed by atoms with E-state index in [0.29, 0.717) is 23.6 Å². The predicted molar refractivity (Wildman–Crippen MR) is 87.9 cm³/mol. The molecule has 0 unspecified atom stereocenters. The molecule has 0 amide bonds. The quantitative estimate of drug-likeness (QED) is 0.900. The summed E-state index contributed by atoms with van der Waals surface area (Å²) in [7, 11) is 0. The Morgan fingerprint density at radius 2 is 1.95 bits per heavy atom. The second-order valence-corrected chi connectivity index (χ2v) is 6.52. The summed E-state index contributed by atoms with van der Waals surface area (Å²) >= 11 is 0. The van der Waals surface area contributed by atoms with E-state index >= 15 is 0 Å². The van der Waals surface area contributed by atoms with Crippen LogP contribution in [-0.4, -0.2) is 20.9 Å². The van der Waals surface area contributed by atoms with E-state index in [2.05, 4.69) is 18.9 Å². The first-order valence-electron chi connectivity index (χ1n) is 7.73. The summed E-state index contributed by atoms with van der Waals surface area (Å²) in [6.07, 6.45) is 0.667. The Bertz CT molecular complexity index is 684. The van der Waals surface area contributed by atoms with Gasteiger partial charge in [-0.1, -0.05) is 39.8 Å². The maximum Gasteiger partial charge on any atom is 0.339 e. The normalized spacial score (nSPS) is 11.4. The Balaban J connectivity index is 2.70. The van der Waals surface area contributed by atoms with Crippen LogP contribution in [0.4, 0.5) is 0 Å². The highest BCUT2D eigenvalue weighted by molar-refractivity contribution is 5.90. The second kappa shape index (κ2) is 6.34. The van der Waals surface area contributed by atoms with Crippen LogP contribution in [0.1, 0.15) is 60.9 Å². The molecule has 1 aromatic heterocycles. The average Bonchev–Trinajstić information content (AvgIpc) is 2.77. The van der Waals surface area contributed by atoms with E-state index in [1.165, 1.54) is 0 Å². The number of hydrogen-bond acceptors (Lipinski definition) is 2. The summed E-state index contributed by atoms with van der Waals surface area (Å²) in [5.41, 5.74) is 3.86. The number of carboxylic acid groups (broad SMARTS) is 1. The molecule has 0 saturated carbocycles. The van der Waals surface area contributed by atoms with E-state index in [1.54, 1.807) is 4.68 Å². The molecule has 2 aromatic rings. The number of aromatic nitrogens is 2. The number of hydrogen-bond donors (Lipinski definition) is 1. The number of carboxylic acids is 1. The molecule has 118 valence electrons. The molecule has 4 heteroatoms. The molecule has 0 aliphatic heterocycles. The first-order chi connectivity index (χ1) is 10.3. The number of benzene rings is 1. The van der Waals surface area contributed by atoms with E-state index in [-0.39, 0.29) is 5.92 Å². The number of carbonyl (C=O) groups is 1. The van der Waals surface area contributed by atoms with Gasteiger partial charge in [0.25, 0.3) is 0 Å². The fraction of sp³-hybridized carbons (Fsp3) is 0.444. The molecule has 1 heterocycles. The van der Waals surface area contributed by atoms with E-state index in [0.717, 1.165) is 16.9 Å². The van der Waals surface area contributed by atoms with Crippen LogP contribution in [-0.2, 0) is 6.42 Å². The monoisotopic (exact) mass is 300 g/mol. The summed E-state index contributed by atoms with van der Waals surface area (Å²) < 4.78 is 1.80. The Kier molecular flexibility index (Phi) is 4.69. The molecule has 0 atom stereocenters. The number of nitrogens with zero attached hydrogens (tertiary/aromatic N) is 2. The highest BCUT2D eigenvalue weighted by Gasteiger charge is 2.26. The van der Waals surface area contributed by atoms with Crippen molar-refractivity contribution in [3.05, 3.63) is 46.8 Å². The number of aryl methyl sites for hydroxylation is 1. The molecule has 4 nitrogen and oxygen atoms in total. The van der Waals surface area contributed by atoms with Crippen molar-refractivity contribution in [2.75, 3.05) is 0 Å². The number of aromatic carboxylic acids is 1. The lowest BCUT2D eigenvalue weighted by Gasteiger charge is -2.11. The standard InChI is InChI=1S/C18H24N2O2/c1-11(2)9-15-16(18(21)22)17(12(3)4)20(19-15)14-8-6-7-13(5)10-14/h6-8,10-12H,9H2,1-5H3,(H,21,22). The van der Waals surface area contributed by atoms with Gasteiger partial charge < -0.3 is 5.11 Å². The van der Waals surface area contributed by atoms with Gasteiger partial charge in [0.2, 0.25) is 0 Å². The van der Waals surface area contributed by atoms with E-state index in [1.807, 2.05) is 45.0 Å². The van der Waals surface area contributed by atoms with Crippen LogP contribution in [0.3, 0.4) is 0 Å². The third kappa shape index (κ3) is 3.21. The summed E-state index contributed by atoms with van der Waals surface area (Å²) in [5.74, 6) is -0.447. The van der Waals surface area contributed by atoms with Gasteiger partial charge in [-0.25, -0.2) is 9.48 Å². The summed E-state index contributed by atoms with van der Waals surface area (Å²) in [4.78, 5) is 11.8. The largest absolute Gasteiger partial charge is 0.478 e. The molecule has 0 fully saturated rings. The lowest BCUT2D eigenvalue weighted by atomic mass is 9.99. The van der Waals surface area contributed by atoms with Crippen molar-refractivity contribution in [3.8, 4) is 5.69 Å². The van der Waals surface area contributed by atoms with Crippen LogP contribution in [0.5, 0.6) is 0 Å². The van der Waals surface area contributed by atoms with E-state index in [4.69, 9.17) is 0 Å². The zero-order valence-electron chi connectivity index (χ0n) is 13.9. The Labute approximate surface area is 131 Å². The van der Waals surface area contributed by atoms with Gasteiger partial charge in [0, 0.05) is 0 Å². The smallest absolute Gasteiger partial charge is 0.339 e. The van der Waals surface area contributed by atoms with E-state index in [9.17, 15) is 9.90 Å². The molecule has 0 saturated heterocycles. The molecule has 22 heavy (non-hydrogen) atoms. The van der Waals surface area contributed by atoms with Crippen LogP contribution < -0.4 is 0 Å². The van der Waals surface area contributed by atoms with Gasteiger partial charge in [0.05, 0.1) is 17.1 Å². The minimum absolute atomic E-state index is 0.0834.